The Bertz CT molecular complexity index is 497. The van der Waals surface area contributed by atoms with Crippen LogP contribution in [0.3, 0.4) is 0 Å². The van der Waals surface area contributed by atoms with E-state index in [4.69, 9.17) is 4.74 Å². The van der Waals surface area contributed by atoms with Crippen molar-refractivity contribution in [3.05, 3.63) is 45.3 Å². The van der Waals surface area contributed by atoms with E-state index < -0.39 is 0 Å². The molecule has 0 atom stereocenters. The number of nitrogens with zero attached hydrogens (tertiary/aromatic N) is 2. The minimum atomic E-state index is 0.382. The molecule has 0 spiro atoms. The molecule has 0 amide bonds. The molecule has 0 aliphatic carbocycles. The fourth-order valence-corrected chi connectivity index (χ4v) is 1.64. The Labute approximate surface area is 108 Å². The van der Waals surface area contributed by atoms with E-state index in [9.17, 15) is 0 Å². The third kappa shape index (κ3) is 2.69. The van der Waals surface area contributed by atoms with Gasteiger partial charge in [-0.3, -0.25) is 0 Å². The highest BCUT2D eigenvalue weighted by atomic mass is 127. The van der Waals surface area contributed by atoms with Gasteiger partial charge in [-0.15, -0.1) is 0 Å². The minimum absolute atomic E-state index is 0.382. The molecule has 1 aromatic heterocycles. The predicted molar refractivity (Wildman–Crippen MR) is 70.7 cm³/mol. The van der Waals surface area contributed by atoms with Gasteiger partial charge in [0.15, 0.2) is 0 Å². The van der Waals surface area contributed by atoms with Gasteiger partial charge in [0, 0.05) is 16.0 Å². The summed E-state index contributed by atoms with van der Waals surface area (Å²) in [4.78, 5) is 8.19. The number of hydrogen-bond donors (Lipinski definition) is 0. The molecule has 4 heteroatoms. The first-order valence-electron chi connectivity index (χ1n) is 4.88. The third-order valence-corrected chi connectivity index (χ3v) is 2.69. The van der Waals surface area contributed by atoms with E-state index in [0.29, 0.717) is 6.01 Å². The molecule has 0 radical (unpaired) electrons. The molecule has 2 aromatic rings. The molecular weight excluding hydrogens is 315 g/mol. The van der Waals surface area contributed by atoms with Crippen LogP contribution in [0.1, 0.15) is 11.1 Å². The van der Waals surface area contributed by atoms with Crippen LogP contribution in [-0.2, 0) is 0 Å². The van der Waals surface area contributed by atoms with E-state index in [-0.39, 0.29) is 0 Å². The average Bonchev–Trinajstić information content (AvgIpc) is 2.25. The maximum absolute atomic E-state index is 5.59. The Morgan fingerprint density at radius 2 is 1.81 bits per heavy atom. The highest BCUT2D eigenvalue weighted by Crippen LogP contribution is 2.23. The fourth-order valence-electron chi connectivity index (χ4n) is 1.37. The maximum atomic E-state index is 5.59. The number of rotatable bonds is 2. The lowest BCUT2D eigenvalue weighted by atomic mass is 10.1. The van der Waals surface area contributed by atoms with Crippen molar-refractivity contribution in [1.82, 2.24) is 9.97 Å². The van der Waals surface area contributed by atoms with Crippen LogP contribution in [-0.4, -0.2) is 9.97 Å². The number of ether oxygens (including phenoxy) is 1. The molecule has 0 aliphatic heterocycles. The summed E-state index contributed by atoms with van der Waals surface area (Å²) in [6, 6.07) is 6.40. The quantitative estimate of drug-likeness (QED) is 0.793. The van der Waals surface area contributed by atoms with Gasteiger partial charge >= 0.3 is 6.01 Å². The van der Waals surface area contributed by atoms with Crippen molar-refractivity contribution in [1.29, 1.82) is 0 Å². The van der Waals surface area contributed by atoms with Crippen LogP contribution in [0.2, 0.25) is 0 Å². The summed E-state index contributed by atoms with van der Waals surface area (Å²) in [5.74, 6) is 0.798. The van der Waals surface area contributed by atoms with E-state index in [1.54, 1.807) is 12.4 Å². The highest BCUT2D eigenvalue weighted by Gasteiger charge is 2.03. The van der Waals surface area contributed by atoms with Gasteiger partial charge in [-0.25, -0.2) is 9.97 Å². The summed E-state index contributed by atoms with van der Waals surface area (Å²) in [5.41, 5.74) is 2.30. The van der Waals surface area contributed by atoms with Crippen molar-refractivity contribution >= 4 is 22.6 Å². The second-order valence-electron chi connectivity index (χ2n) is 3.55. The molecule has 1 aromatic carbocycles. The van der Waals surface area contributed by atoms with Crippen molar-refractivity contribution in [3.8, 4) is 11.8 Å². The van der Waals surface area contributed by atoms with Gasteiger partial charge in [0.2, 0.25) is 0 Å². The summed E-state index contributed by atoms with van der Waals surface area (Å²) >= 11 is 2.16. The Hall–Kier alpha value is -1.17. The van der Waals surface area contributed by atoms with E-state index in [0.717, 1.165) is 14.9 Å². The lowest BCUT2D eigenvalue weighted by Gasteiger charge is -2.07. The summed E-state index contributed by atoms with van der Waals surface area (Å²) in [6.07, 6.45) is 3.46. The summed E-state index contributed by atoms with van der Waals surface area (Å²) in [7, 11) is 0. The predicted octanol–water partition coefficient (Wildman–Crippen LogP) is 3.49. The zero-order valence-electron chi connectivity index (χ0n) is 9.07. The molecule has 3 nitrogen and oxygen atoms in total. The molecule has 16 heavy (non-hydrogen) atoms. The molecular formula is C12H11IN2O. The zero-order chi connectivity index (χ0) is 11.5. The van der Waals surface area contributed by atoms with Crippen LogP contribution in [0.5, 0.6) is 11.8 Å². The van der Waals surface area contributed by atoms with Crippen molar-refractivity contribution in [2.24, 2.45) is 0 Å². The van der Waals surface area contributed by atoms with E-state index in [1.165, 1.54) is 5.56 Å². The standard InChI is InChI=1S/C12H11IN2O/c1-8-3-4-11(9(2)5-8)16-12-14-6-10(13)7-15-12/h3-7H,1-2H3. The monoisotopic (exact) mass is 326 g/mol. The van der Waals surface area contributed by atoms with Crippen LogP contribution in [0.4, 0.5) is 0 Å². The topological polar surface area (TPSA) is 35.0 Å². The van der Waals surface area contributed by atoms with Crippen LogP contribution in [0.15, 0.2) is 30.6 Å². The molecule has 82 valence electrons. The van der Waals surface area contributed by atoms with Gasteiger partial charge in [0.25, 0.3) is 0 Å². The SMILES string of the molecule is Cc1ccc(Oc2ncc(I)cn2)c(C)c1. The molecule has 0 unspecified atom stereocenters. The molecule has 0 aliphatic rings. The van der Waals surface area contributed by atoms with Crippen molar-refractivity contribution < 1.29 is 4.74 Å². The zero-order valence-corrected chi connectivity index (χ0v) is 11.2. The van der Waals surface area contributed by atoms with Crippen molar-refractivity contribution in [3.63, 3.8) is 0 Å². The number of halogens is 1. The normalized spacial score (nSPS) is 10.2. The smallest absolute Gasteiger partial charge is 0.321 e. The average molecular weight is 326 g/mol. The lowest BCUT2D eigenvalue weighted by molar-refractivity contribution is 0.438. The Morgan fingerprint density at radius 1 is 1.12 bits per heavy atom. The Morgan fingerprint density at radius 3 is 2.44 bits per heavy atom. The van der Waals surface area contributed by atoms with Crippen molar-refractivity contribution in [2.45, 2.75) is 13.8 Å². The maximum Gasteiger partial charge on any atom is 0.321 e. The summed E-state index contributed by atoms with van der Waals surface area (Å²) < 4.78 is 6.58. The summed E-state index contributed by atoms with van der Waals surface area (Å²) in [6.45, 7) is 4.06. The first-order valence-corrected chi connectivity index (χ1v) is 5.95. The summed E-state index contributed by atoms with van der Waals surface area (Å²) in [5, 5.41) is 0. The molecule has 0 bridgehead atoms. The van der Waals surface area contributed by atoms with Gasteiger partial charge in [0.1, 0.15) is 5.75 Å². The third-order valence-electron chi connectivity index (χ3n) is 2.13. The van der Waals surface area contributed by atoms with Gasteiger partial charge in [-0.1, -0.05) is 17.7 Å². The second kappa shape index (κ2) is 4.78. The van der Waals surface area contributed by atoms with E-state index >= 15 is 0 Å². The molecule has 1 heterocycles. The van der Waals surface area contributed by atoms with Crippen LogP contribution in [0, 0.1) is 17.4 Å². The number of aryl methyl sites for hydroxylation is 2. The van der Waals surface area contributed by atoms with Crippen LogP contribution in [0.25, 0.3) is 0 Å². The van der Waals surface area contributed by atoms with Crippen LogP contribution >= 0.6 is 22.6 Å². The highest BCUT2D eigenvalue weighted by molar-refractivity contribution is 14.1. The largest absolute Gasteiger partial charge is 0.424 e. The number of hydrogen-bond acceptors (Lipinski definition) is 3. The molecule has 0 saturated carbocycles. The van der Waals surface area contributed by atoms with E-state index in [1.807, 2.05) is 19.1 Å². The Kier molecular flexibility index (Phi) is 3.38. The van der Waals surface area contributed by atoms with Crippen LogP contribution < -0.4 is 4.74 Å². The lowest BCUT2D eigenvalue weighted by Crippen LogP contribution is -1.93. The van der Waals surface area contributed by atoms with E-state index in [2.05, 4.69) is 45.5 Å². The first kappa shape index (κ1) is 11.3. The molecule has 0 N–H and O–H groups in total. The second-order valence-corrected chi connectivity index (χ2v) is 4.80. The Balaban J connectivity index is 2.23. The number of benzene rings is 1. The van der Waals surface area contributed by atoms with Gasteiger partial charge in [0.05, 0.1) is 0 Å². The minimum Gasteiger partial charge on any atom is -0.424 e. The van der Waals surface area contributed by atoms with Crippen molar-refractivity contribution in [2.75, 3.05) is 0 Å². The molecule has 0 saturated heterocycles. The van der Waals surface area contributed by atoms with Gasteiger partial charge < -0.3 is 4.74 Å². The molecule has 2 rings (SSSR count). The first-order chi connectivity index (χ1) is 7.65. The van der Waals surface area contributed by atoms with Gasteiger partial charge in [-0.2, -0.15) is 0 Å². The molecule has 0 fully saturated rings. The van der Waals surface area contributed by atoms with Gasteiger partial charge in [-0.05, 0) is 48.1 Å². The fraction of sp³-hybridized carbons (Fsp3) is 0.167. The number of aromatic nitrogens is 2.